The van der Waals surface area contributed by atoms with Crippen LogP contribution in [0.3, 0.4) is 0 Å². The molecule has 0 unspecified atom stereocenters. The standard InChI is InChI=1S/C24H26N4O3/c1-16-9-11-19(12-10-16)28-18(3)24(17(2)26-28)25-22(29)15-31-21-7-4-6-20(14-21)27-13-5-8-23(27)30/h4,6-7,9-12,14H,5,8,13,15H2,1-3H3,(H,25,29). The fraction of sp³-hybridized carbons (Fsp3) is 0.292. The Balaban J connectivity index is 1.42. The van der Waals surface area contributed by atoms with Gasteiger partial charge >= 0.3 is 0 Å². The number of aromatic nitrogens is 2. The van der Waals surface area contributed by atoms with E-state index in [9.17, 15) is 9.59 Å². The van der Waals surface area contributed by atoms with Crippen molar-refractivity contribution >= 4 is 23.2 Å². The molecule has 1 N–H and O–H groups in total. The molecule has 31 heavy (non-hydrogen) atoms. The van der Waals surface area contributed by atoms with Crippen molar-refractivity contribution in [3.05, 3.63) is 65.5 Å². The molecule has 7 heteroatoms. The highest BCUT2D eigenvalue weighted by molar-refractivity contribution is 5.95. The van der Waals surface area contributed by atoms with Gasteiger partial charge in [-0.25, -0.2) is 4.68 Å². The van der Waals surface area contributed by atoms with Gasteiger partial charge in [-0.3, -0.25) is 9.59 Å². The molecule has 1 aliphatic heterocycles. The Kier molecular flexibility index (Phi) is 5.75. The van der Waals surface area contributed by atoms with E-state index in [1.54, 1.807) is 17.0 Å². The van der Waals surface area contributed by atoms with Gasteiger partial charge in [0.1, 0.15) is 5.75 Å². The number of hydrogen-bond donors (Lipinski definition) is 1. The van der Waals surface area contributed by atoms with Crippen molar-refractivity contribution in [1.29, 1.82) is 0 Å². The summed E-state index contributed by atoms with van der Waals surface area (Å²) >= 11 is 0. The predicted molar refractivity (Wildman–Crippen MR) is 120 cm³/mol. The molecule has 0 atom stereocenters. The minimum atomic E-state index is -0.266. The highest BCUT2D eigenvalue weighted by atomic mass is 16.5. The molecule has 3 aromatic rings. The molecule has 0 spiro atoms. The number of carbonyl (C=O) groups excluding carboxylic acids is 2. The van der Waals surface area contributed by atoms with Gasteiger partial charge in [-0.05, 0) is 51.5 Å². The molecule has 4 rings (SSSR count). The molecule has 0 aliphatic carbocycles. The third-order valence-electron chi connectivity index (χ3n) is 5.41. The number of amides is 2. The van der Waals surface area contributed by atoms with E-state index in [0.29, 0.717) is 24.4 Å². The van der Waals surface area contributed by atoms with E-state index in [-0.39, 0.29) is 18.4 Å². The number of ether oxygens (including phenoxy) is 1. The molecule has 1 aromatic heterocycles. The van der Waals surface area contributed by atoms with E-state index in [1.807, 2.05) is 61.9 Å². The van der Waals surface area contributed by atoms with Crippen LogP contribution in [-0.2, 0) is 9.59 Å². The summed E-state index contributed by atoms with van der Waals surface area (Å²) in [4.78, 5) is 26.2. The van der Waals surface area contributed by atoms with Crippen LogP contribution in [0.4, 0.5) is 11.4 Å². The summed E-state index contributed by atoms with van der Waals surface area (Å²) in [6, 6.07) is 15.3. The third-order valence-corrected chi connectivity index (χ3v) is 5.41. The summed E-state index contributed by atoms with van der Waals surface area (Å²) in [5.74, 6) is 0.403. The van der Waals surface area contributed by atoms with Crippen LogP contribution >= 0.6 is 0 Å². The van der Waals surface area contributed by atoms with Crippen LogP contribution in [-0.4, -0.2) is 34.7 Å². The Morgan fingerprint density at radius 1 is 1.10 bits per heavy atom. The van der Waals surface area contributed by atoms with Crippen LogP contribution in [0.5, 0.6) is 5.75 Å². The minimum absolute atomic E-state index is 0.117. The SMILES string of the molecule is Cc1ccc(-n2nc(C)c(NC(=O)COc3cccc(N4CCCC4=O)c3)c2C)cc1. The van der Waals surface area contributed by atoms with Gasteiger partial charge in [-0.15, -0.1) is 0 Å². The summed E-state index contributed by atoms with van der Waals surface area (Å²) in [6.07, 6.45) is 1.43. The van der Waals surface area contributed by atoms with Crippen molar-refractivity contribution in [1.82, 2.24) is 9.78 Å². The molecule has 0 radical (unpaired) electrons. The first kappa shape index (κ1) is 20.7. The largest absolute Gasteiger partial charge is 0.484 e. The van der Waals surface area contributed by atoms with E-state index < -0.39 is 0 Å². The summed E-state index contributed by atoms with van der Waals surface area (Å²) in [5, 5.41) is 7.48. The molecular formula is C24H26N4O3. The molecule has 2 amide bonds. The number of aryl methyl sites for hydroxylation is 2. The van der Waals surface area contributed by atoms with Crippen molar-refractivity contribution in [2.75, 3.05) is 23.4 Å². The monoisotopic (exact) mass is 418 g/mol. The van der Waals surface area contributed by atoms with Crippen LogP contribution in [0.25, 0.3) is 5.69 Å². The van der Waals surface area contributed by atoms with Crippen LogP contribution < -0.4 is 15.0 Å². The van der Waals surface area contributed by atoms with Crippen LogP contribution in [0, 0.1) is 20.8 Å². The van der Waals surface area contributed by atoms with Gasteiger partial charge < -0.3 is 15.0 Å². The highest BCUT2D eigenvalue weighted by Crippen LogP contribution is 2.26. The maximum Gasteiger partial charge on any atom is 0.262 e. The second kappa shape index (κ2) is 8.63. The molecule has 160 valence electrons. The van der Waals surface area contributed by atoms with Gasteiger partial charge in [0.2, 0.25) is 5.91 Å². The van der Waals surface area contributed by atoms with Crippen molar-refractivity contribution in [2.45, 2.75) is 33.6 Å². The Bertz CT molecular complexity index is 1120. The second-order valence-corrected chi connectivity index (χ2v) is 7.78. The number of anilines is 2. The highest BCUT2D eigenvalue weighted by Gasteiger charge is 2.22. The van der Waals surface area contributed by atoms with Gasteiger partial charge in [0, 0.05) is 24.7 Å². The lowest BCUT2D eigenvalue weighted by Gasteiger charge is -2.16. The normalized spacial score (nSPS) is 13.5. The fourth-order valence-electron chi connectivity index (χ4n) is 3.75. The molecular weight excluding hydrogens is 392 g/mol. The summed E-state index contributed by atoms with van der Waals surface area (Å²) in [6.45, 7) is 6.41. The molecule has 1 fully saturated rings. The first-order valence-corrected chi connectivity index (χ1v) is 10.4. The van der Waals surface area contributed by atoms with Crippen molar-refractivity contribution in [3.63, 3.8) is 0 Å². The van der Waals surface area contributed by atoms with Crippen LogP contribution in [0.2, 0.25) is 0 Å². The maximum absolute atomic E-state index is 12.5. The molecule has 0 bridgehead atoms. The maximum atomic E-state index is 12.5. The Labute approximate surface area is 181 Å². The predicted octanol–water partition coefficient (Wildman–Crippen LogP) is 3.94. The first-order chi connectivity index (χ1) is 14.9. The van der Waals surface area contributed by atoms with Gasteiger partial charge in [0.15, 0.2) is 6.61 Å². The van der Waals surface area contributed by atoms with Gasteiger partial charge in [0.05, 0.1) is 22.8 Å². The summed E-state index contributed by atoms with van der Waals surface area (Å²) in [5.41, 5.74) is 5.19. The average Bonchev–Trinajstić information content (AvgIpc) is 3.31. The number of nitrogens with one attached hydrogen (secondary N) is 1. The fourth-order valence-corrected chi connectivity index (χ4v) is 3.75. The quantitative estimate of drug-likeness (QED) is 0.658. The van der Waals surface area contributed by atoms with Gasteiger partial charge in [-0.1, -0.05) is 23.8 Å². The zero-order valence-electron chi connectivity index (χ0n) is 18.0. The van der Waals surface area contributed by atoms with E-state index >= 15 is 0 Å². The lowest BCUT2D eigenvalue weighted by Crippen LogP contribution is -2.24. The molecule has 0 saturated carbocycles. The van der Waals surface area contributed by atoms with Gasteiger partial charge in [-0.2, -0.15) is 5.10 Å². The molecule has 2 heterocycles. The van der Waals surface area contributed by atoms with E-state index in [4.69, 9.17) is 4.74 Å². The number of rotatable bonds is 6. The Morgan fingerprint density at radius 2 is 1.87 bits per heavy atom. The lowest BCUT2D eigenvalue weighted by atomic mass is 10.2. The second-order valence-electron chi connectivity index (χ2n) is 7.78. The Morgan fingerprint density at radius 3 is 2.58 bits per heavy atom. The smallest absolute Gasteiger partial charge is 0.262 e. The van der Waals surface area contributed by atoms with Crippen molar-refractivity contribution in [3.8, 4) is 11.4 Å². The Hall–Kier alpha value is -3.61. The lowest BCUT2D eigenvalue weighted by molar-refractivity contribution is -0.118. The first-order valence-electron chi connectivity index (χ1n) is 10.4. The zero-order valence-corrected chi connectivity index (χ0v) is 18.0. The number of hydrogen-bond acceptors (Lipinski definition) is 4. The number of benzene rings is 2. The van der Waals surface area contributed by atoms with Crippen molar-refractivity contribution in [2.24, 2.45) is 0 Å². The summed E-state index contributed by atoms with van der Waals surface area (Å²) in [7, 11) is 0. The van der Waals surface area contributed by atoms with Gasteiger partial charge in [0.25, 0.3) is 5.91 Å². The number of carbonyl (C=O) groups is 2. The molecule has 2 aromatic carbocycles. The number of nitrogens with zero attached hydrogens (tertiary/aromatic N) is 3. The zero-order chi connectivity index (χ0) is 22.0. The summed E-state index contributed by atoms with van der Waals surface area (Å²) < 4.78 is 7.50. The topological polar surface area (TPSA) is 76.5 Å². The molecule has 1 saturated heterocycles. The molecule has 1 aliphatic rings. The van der Waals surface area contributed by atoms with E-state index in [1.165, 1.54) is 5.56 Å². The van der Waals surface area contributed by atoms with Crippen LogP contribution in [0.15, 0.2) is 48.5 Å². The van der Waals surface area contributed by atoms with E-state index in [2.05, 4.69) is 10.4 Å². The third kappa shape index (κ3) is 4.45. The van der Waals surface area contributed by atoms with E-state index in [0.717, 1.165) is 29.2 Å². The molecule has 7 nitrogen and oxygen atoms in total. The van der Waals surface area contributed by atoms with Crippen LogP contribution in [0.1, 0.15) is 29.8 Å². The average molecular weight is 418 g/mol. The minimum Gasteiger partial charge on any atom is -0.484 e. The van der Waals surface area contributed by atoms with Crippen molar-refractivity contribution < 1.29 is 14.3 Å².